The van der Waals surface area contributed by atoms with Gasteiger partial charge in [-0.25, -0.2) is 0 Å². The predicted octanol–water partition coefficient (Wildman–Crippen LogP) is 5.26. The normalized spacial score (nSPS) is 25.0. The average molecular weight is 289 g/mol. The third-order valence-corrected chi connectivity index (χ3v) is 4.98. The molecule has 2 aromatic carbocycles. The van der Waals surface area contributed by atoms with Crippen LogP contribution in [0.25, 0.3) is 10.8 Å². The molecule has 0 radical (unpaired) electrons. The zero-order chi connectivity index (χ0) is 11.7. The quantitative estimate of drug-likeness (QED) is 0.628. The van der Waals surface area contributed by atoms with Crippen molar-refractivity contribution in [3.05, 3.63) is 48.0 Å². The topological polar surface area (TPSA) is 0 Å². The number of fused-ring (bicyclic) bond motifs is 1. The third kappa shape index (κ3) is 2.26. The highest BCUT2D eigenvalue weighted by atomic mass is 79.9. The van der Waals surface area contributed by atoms with Gasteiger partial charge < -0.3 is 0 Å². The molecule has 0 saturated heterocycles. The van der Waals surface area contributed by atoms with E-state index in [1.54, 1.807) is 0 Å². The van der Waals surface area contributed by atoms with Crippen LogP contribution in [-0.4, -0.2) is 4.83 Å². The van der Waals surface area contributed by atoms with E-state index in [1.807, 2.05) is 0 Å². The first-order valence-corrected chi connectivity index (χ1v) is 7.39. The van der Waals surface area contributed by atoms with Crippen molar-refractivity contribution in [2.24, 2.45) is 0 Å². The van der Waals surface area contributed by atoms with E-state index in [-0.39, 0.29) is 0 Å². The minimum atomic E-state index is 0.664. The van der Waals surface area contributed by atoms with E-state index in [1.165, 1.54) is 42.0 Å². The number of alkyl halides is 1. The van der Waals surface area contributed by atoms with Crippen LogP contribution < -0.4 is 0 Å². The molecular formula is C16H17Br. The van der Waals surface area contributed by atoms with Gasteiger partial charge in [-0.3, -0.25) is 0 Å². The van der Waals surface area contributed by atoms with E-state index < -0.39 is 0 Å². The van der Waals surface area contributed by atoms with Gasteiger partial charge in [-0.2, -0.15) is 0 Å². The predicted molar refractivity (Wildman–Crippen MR) is 77.9 cm³/mol. The third-order valence-electron chi connectivity index (χ3n) is 3.88. The van der Waals surface area contributed by atoms with Gasteiger partial charge in [-0.1, -0.05) is 71.2 Å². The summed E-state index contributed by atoms with van der Waals surface area (Å²) in [5, 5.41) is 2.72. The molecule has 0 bridgehead atoms. The van der Waals surface area contributed by atoms with Gasteiger partial charge >= 0.3 is 0 Å². The van der Waals surface area contributed by atoms with Crippen LogP contribution in [-0.2, 0) is 0 Å². The minimum absolute atomic E-state index is 0.664. The molecule has 2 aromatic rings. The van der Waals surface area contributed by atoms with Gasteiger partial charge in [0.15, 0.2) is 0 Å². The van der Waals surface area contributed by atoms with Crippen molar-refractivity contribution in [3.8, 4) is 0 Å². The SMILES string of the molecule is BrC1CCCCC1c1ccc2ccccc2c1. The van der Waals surface area contributed by atoms with E-state index in [0.717, 1.165) is 0 Å². The van der Waals surface area contributed by atoms with Crippen molar-refractivity contribution in [3.63, 3.8) is 0 Å². The first-order valence-electron chi connectivity index (χ1n) is 6.47. The second-order valence-electron chi connectivity index (χ2n) is 5.01. The lowest BCUT2D eigenvalue weighted by Gasteiger charge is -2.27. The summed E-state index contributed by atoms with van der Waals surface area (Å²) >= 11 is 3.86. The molecule has 1 saturated carbocycles. The zero-order valence-corrected chi connectivity index (χ0v) is 11.5. The standard InChI is InChI=1S/C16H17Br/c17-16-8-4-3-7-15(16)14-10-9-12-5-1-2-6-13(12)11-14/h1-2,5-6,9-11,15-16H,3-4,7-8H2. The van der Waals surface area contributed by atoms with E-state index in [0.29, 0.717) is 10.7 Å². The first kappa shape index (κ1) is 11.3. The lowest BCUT2D eigenvalue weighted by molar-refractivity contribution is 0.461. The van der Waals surface area contributed by atoms with Gasteiger partial charge in [-0.15, -0.1) is 0 Å². The minimum Gasteiger partial charge on any atom is -0.0884 e. The highest BCUT2D eigenvalue weighted by Crippen LogP contribution is 2.38. The Morgan fingerprint density at radius 3 is 2.47 bits per heavy atom. The molecule has 88 valence electrons. The molecule has 1 aliphatic rings. The molecule has 1 aliphatic carbocycles. The maximum Gasteiger partial charge on any atom is 0.0214 e. The van der Waals surface area contributed by atoms with Crippen molar-refractivity contribution in [2.45, 2.75) is 36.4 Å². The summed E-state index contributed by atoms with van der Waals surface area (Å²) in [4.78, 5) is 0.664. The van der Waals surface area contributed by atoms with Crippen LogP contribution in [0.4, 0.5) is 0 Å². The summed E-state index contributed by atoms with van der Waals surface area (Å²) in [6.07, 6.45) is 5.39. The lowest BCUT2D eigenvalue weighted by Crippen LogP contribution is -2.17. The van der Waals surface area contributed by atoms with Gasteiger partial charge in [0, 0.05) is 4.83 Å². The number of hydrogen-bond acceptors (Lipinski definition) is 0. The first-order chi connectivity index (χ1) is 8.34. The Balaban J connectivity index is 1.99. The molecule has 0 heterocycles. The molecule has 0 spiro atoms. The van der Waals surface area contributed by atoms with Crippen LogP contribution in [0.2, 0.25) is 0 Å². The maximum absolute atomic E-state index is 3.86. The number of halogens is 1. The van der Waals surface area contributed by atoms with Crippen LogP contribution >= 0.6 is 15.9 Å². The van der Waals surface area contributed by atoms with Crippen molar-refractivity contribution in [1.82, 2.24) is 0 Å². The van der Waals surface area contributed by atoms with E-state index >= 15 is 0 Å². The molecule has 0 nitrogen and oxygen atoms in total. The maximum atomic E-state index is 3.86. The van der Waals surface area contributed by atoms with E-state index in [4.69, 9.17) is 0 Å². The van der Waals surface area contributed by atoms with Crippen molar-refractivity contribution in [2.75, 3.05) is 0 Å². The van der Waals surface area contributed by atoms with E-state index in [2.05, 4.69) is 58.4 Å². The smallest absolute Gasteiger partial charge is 0.0214 e. The van der Waals surface area contributed by atoms with Crippen molar-refractivity contribution in [1.29, 1.82) is 0 Å². The van der Waals surface area contributed by atoms with Gasteiger partial charge in [0.05, 0.1) is 0 Å². The summed E-state index contributed by atoms with van der Waals surface area (Å²) in [6, 6.07) is 15.6. The Morgan fingerprint density at radius 1 is 0.882 bits per heavy atom. The molecule has 1 heteroatoms. The highest BCUT2D eigenvalue weighted by Gasteiger charge is 2.24. The van der Waals surface area contributed by atoms with Crippen LogP contribution in [0.5, 0.6) is 0 Å². The molecule has 1 fully saturated rings. The average Bonchev–Trinajstić information content (AvgIpc) is 2.39. The molecule has 3 rings (SSSR count). The lowest BCUT2D eigenvalue weighted by atomic mass is 9.83. The molecule has 0 amide bonds. The van der Waals surface area contributed by atoms with Crippen LogP contribution in [0.15, 0.2) is 42.5 Å². The molecule has 0 N–H and O–H groups in total. The van der Waals surface area contributed by atoms with Gasteiger partial charge in [0.2, 0.25) is 0 Å². The molecule has 0 aliphatic heterocycles. The molecule has 2 atom stereocenters. The summed E-state index contributed by atoms with van der Waals surface area (Å²) < 4.78 is 0. The Hall–Kier alpha value is -0.820. The Bertz CT molecular complexity index is 518. The summed E-state index contributed by atoms with van der Waals surface area (Å²) in [7, 11) is 0. The summed E-state index contributed by atoms with van der Waals surface area (Å²) in [5.74, 6) is 0.702. The fourth-order valence-corrected chi connectivity index (χ4v) is 3.79. The molecular weight excluding hydrogens is 272 g/mol. The van der Waals surface area contributed by atoms with Crippen LogP contribution in [0.3, 0.4) is 0 Å². The highest BCUT2D eigenvalue weighted by molar-refractivity contribution is 9.09. The zero-order valence-electron chi connectivity index (χ0n) is 9.90. The second kappa shape index (κ2) is 4.81. The number of hydrogen-bond donors (Lipinski definition) is 0. The Morgan fingerprint density at radius 2 is 1.65 bits per heavy atom. The van der Waals surface area contributed by atoms with Crippen LogP contribution in [0.1, 0.15) is 37.2 Å². The number of rotatable bonds is 1. The largest absolute Gasteiger partial charge is 0.0884 e. The monoisotopic (exact) mass is 288 g/mol. The molecule has 2 unspecified atom stereocenters. The van der Waals surface area contributed by atoms with Gasteiger partial charge in [-0.05, 0) is 35.1 Å². The van der Waals surface area contributed by atoms with Crippen molar-refractivity contribution < 1.29 is 0 Å². The van der Waals surface area contributed by atoms with Crippen molar-refractivity contribution >= 4 is 26.7 Å². The molecule has 17 heavy (non-hydrogen) atoms. The van der Waals surface area contributed by atoms with Gasteiger partial charge in [0.1, 0.15) is 0 Å². The fraction of sp³-hybridized carbons (Fsp3) is 0.375. The fourth-order valence-electron chi connectivity index (χ4n) is 2.90. The molecule has 0 aromatic heterocycles. The second-order valence-corrected chi connectivity index (χ2v) is 6.19. The Labute approximate surface area is 111 Å². The Kier molecular flexibility index (Phi) is 3.19. The van der Waals surface area contributed by atoms with Crippen LogP contribution in [0, 0.1) is 0 Å². The summed E-state index contributed by atoms with van der Waals surface area (Å²) in [5.41, 5.74) is 1.50. The number of benzene rings is 2. The van der Waals surface area contributed by atoms with Gasteiger partial charge in [0.25, 0.3) is 0 Å². The summed E-state index contributed by atoms with van der Waals surface area (Å²) in [6.45, 7) is 0. The van der Waals surface area contributed by atoms with E-state index in [9.17, 15) is 0 Å².